The van der Waals surface area contributed by atoms with Crippen molar-refractivity contribution in [1.82, 2.24) is 0 Å². The lowest BCUT2D eigenvalue weighted by atomic mass is 10.0. The zero-order valence-corrected chi connectivity index (χ0v) is 21.5. The molecule has 1 aromatic heterocycles. The minimum absolute atomic E-state index is 0.0735. The summed E-state index contributed by atoms with van der Waals surface area (Å²) in [5.74, 6) is -2.92. The molecule has 0 aliphatic heterocycles. The van der Waals surface area contributed by atoms with Crippen LogP contribution in [0, 0.1) is 0 Å². The number of carbonyl (C=O) groups is 3. The van der Waals surface area contributed by atoms with Crippen molar-refractivity contribution in [2.75, 3.05) is 21.3 Å². The molecule has 3 rings (SSSR count). The normalized spacial score (nSPS) is 13.5. The van der Waals surface area contributed by atoms with E-state index in [1.54, 1.807) is 24.3 Å². The zero-order chi connectivity index (χ0) is 28.0. The monoisotopic (exact) mass is 528 g/mol. The first-order chi connectivity index (χ1) is 18.1. The Hall–Kier alpha value is -4.06. The van der Waals surface area contributed by atoms with E-state index >= 15 is 0 Å². The summed E-state index contributed by atoms with van der Waals surface area (Å²) in [5.41, 5.74) is 1.09. The molecule has 1 N–H and O–H groups in total. The molecule has 0 saturated heterocycles. The van der Waals surface area contributed by atoms with Gasteiger partial charge in [-0.15, -0.1) is 0 Å². The number of ether oxygens (including phenoxy) is 5. The number of rotatable bonds is 11. The standard InChI is InChI=1S/C27H28O11/c1-14(33-3)26(31)37-21-11-18-20(12-22(21)38-27(32)15(2)34-4)36-13-19(24(18)28)17-8-6-16(7-9-17)10-23(35-5)25(29)30/h6-9,11-15,23H,10H2,1-5H3,(H,29,30)/t14-,15+,23+/m0/s1. The molecule has 11 heteroatoms. The molecule has 2 aromatic carbocycles. The van der Waals surface area contributed by atoms with E-state index in [1.165, 1.54) is 53.6 Å². The fraction of sp³-hybridized carbons (Fsp3) is 0.333. The molecular formula is C27H28O11. The molecule has 3 atom stereocenters. The molecule has 0 radical (unpaired) electrons. The maximum absolute atomic E-state index is 13.4. The maximum Gasteiger partial charge on any atom is 0.340 e. The SMILES string of the molecule is CO[C@@H](C)C(=O)Oc1cc2c(=O)c(-c3ccc(C[C@@H](OC)C(=O)O)cc3)coc2cc1OC(=O)[C@@H](C)OC. The first kappa shape index (κ1) is 28.5. The average molecular weight is 529 g/mol. The smallest absolute Gasteiger partial charge is 0.340 e. The molecule has 3 aromatic rings. The summed E-state index contributed by atoms with van der Waals surface area (Å²) in [7, 11) is 3.99. The van der Waals surface area contributed by atoms with E-state index in [-0.39, 0.29) is 34.5 Å². The van der Waals surface area contributed by atoms with E-state index in [2.05, 4.69) is 0 Å². The van der Waals surface area contributed by atoms with Gasteiger partial charge in [0.25, 0.3) is 0 Å². The topological polar surface area (TPSA) is 148 Å². The summed E-state index contributed by atoms with van der Waals surface area (Å²) in [5, 5.41) is 9.26. The van der Waals surface area contributed by atoms with Crippen LogP contribution in [0.5, 0.6) is 11.5 Å². The highest BCUT2D eigenvalue weighted by molar-refractivity contribution is 5.88. The van der Waals surface area contributed by atoms with Crippen LogP contribution >= 0.6 is 0 Å². The molecule has 0 aliphatic rings. The quantitative estimate of drug-likeness (QED) is 0.289. The van der Waals surface area contributed by atoms with Crippen molar-refractivity contribution in [2.24, 2.45) is 0 Å². The lowest BCUT2D eigenvalue weighted by molar-refractivity contribution is -0.148. The van der Waals surface area contributed by atoms with Crippen LogP contribution in [-0.4, -0.2) is 62.7 Å². The molecule has 0 aliphatic carbocycles. The first-order valence-corrected chi connectivity index (χ1v) is 11.5. The number of esters is 2. The van der Waals surface area contributed by atoms with Crippen molar-refractivity contribution in [3.05, 3.63) is 58.4 Å². The molecule has 0 amide bonds. The summed E-state index contributed by atoms with van der Waals surface area (Å²) < 4.78 is 31.3. The second-order valence-electron chi connectivity index (χ2n) is 8.34. The zero-order valence-electron chi connectivity index (χ0n) is 21.5. The van der Waals surface area contributed by atoms with Crippen molar-refractivity contribution in [1.29, 1.82) is 0 Å². The Morgan fingerprint density at radius 2 is 1.42 bits per heavy atom. The van der Waals surface area contributed by atoms with Gasteiger partial charge in [-0.25, -0.2) is 14.4 Å². The Balaban J connectivity index is 2.03. The van der Waals surface area contributed by atoms with Gasteiger partial charge in [0.2, 0.25) is 5.43 Å². The molecule has 0 fully saturated rings. The van der Waals surface area contributed by atoms with Crippen LogP contribution in [0.25, 0.3) is 22.1 Å². The van der Waals surface area contributed by atoms with Crippen molar-refractivity contribution >= 4 is 28.9 Å². The predicted molar refractivity (Wildman–Crippen MR) is 134 cm³/mol. The number of carboxylic acid groups (broad SMARTS) is 1. The van der Waals surface area contributed by atoms with Gasteiger partial charge < -0.3 is 33.2 Å². The van der Waals surface area contributed by atoms with Gasteiger partial charge in [0, 0.05) is 33.8 Å². The molecule has 38 heavy (non-hydrogen) atoms. The van der Waals surface area contributed by atoms with E-state index in [9.17, 15) is 24.3 Å². The Labute approximate surface area is 217 Å². The molecule has 0 spiro atoms. The van der Waals surface area contributed by atoms with Crippen LogP contribution in [0.4, 0.5) is 0 Å². The Kier molecular flexibility index (Phi) is 9.35. The molecular weight excluding hydrogens is 500 g/mol. The van der Waals surface area contributed by atoms with Gasteiger partial charge in [0.05, 0.1) is 10.9 Å². The lowest BCUT2D eigenvalue weighted by Gasteiger charge is -2.15. The van der Waals surface area contributed by atoms with Crippen LogP contribution in [-0.2, 0) is 35.0 Å². The van der Waals surface area contributed by atoms with E-state index in [0.29, 0.717) is 11.1 Å². The van der Waals surface area contributed by atoms with Crippen LogP contribution in [0.15, 0.2) is 51.9 Å². The second-order valence-corrected chi connectivity index (χ2v) is 8.34. The van der Waals surface area contributed by atoms with Gasteiger partial charge in [-0.2, -0.15) is 0 Å². The third-order valence-corrected chi connectivity index (χ3v) is 5.88. The largest absolute Gasteiger partial charge is 0.479 e. The van der Waals surface area contributed by atoms with Crippen LogP contribution in [0.2, 0.25) is 0 Å². The number of hydrogen-bond acceptors (Lipinski definition) is 10. The number of benzene rings is 2. The van der Waals surface area contributed by atoms with E-state index in [1.807, 2.05) is 0 Å². The first-order valence-electron chi connectivity index (χ1n) is 11.5. The highest BCUT2D eigenvalue weighted by Gasteiger charge is 2.23. The minimum atomic E-state index is -1.08. The third kappa shape index (κ3) is 6.43. The lowest BCUT2D eigenvalue weighted by Crippen LogP contribution is -2.27. The molecule has 202 valence electrons. The van der Waals surface area contributed by atoms with Gasteiger partial charge in [0.15, 0.2) is 29.8 Å². The third-order valence-electron chi connectivity index (χ3n) is 5.88. The van der Waals surface area contributed by atoms with Gasteiger partial charge in [-0.3, -0.25) is 4.79 Å². The van der Waals surface area contributed by atoms with Crippen molar-refractivity contribution < 1.29 is 47.6 Å². The van der Waals surface area contributed by atoms with Gasteiger partial charge in [-0.1, -0.05) is 24.3 Å². The Bertz CT molecular complexity index is 1370. The highest BCUT2D eigenvalue weighted by atomic mass is 16.6. The van der Waals surface area contributed by atoms with Crippen molar-refractivity contribution in [2.45, 2.75) is 38.6 Å². The highest BCUT2D eigenvalue weighted by Crippen LogP contribution is 2.33. The van der Waals surface area contributed by atoms with Gasteiger partial charge in [-0.05, 0) is 31.0 Å². The van der Waals surface area contributed by atoms with Crippen molar-refractivity contribution in [3.8, 4) is 22.6 Å². The number of carboxylic acids is 1. The molecule has 1 heterocycles. The Morgan fingerprint density at radius 3 is 1.92 bits per heavy atom. The summed E-state index contributed by atoms with van der Waals surface area (Å²) in [6, 6.07) is 9.23. The average Bonchev–Trinajstić information content (AvgIpc) is 2.91. The van der Waals surface area contributed by atoms with E-state index < -0.39 is 41.6 Å². The summed E-state index contributed by atoms with van der Waals surface area (Å²) in [4.78, 5) is 49.3. The maximum atomic E-state index is 13.4. The van der Waals surface area contributed by atoms with Crippen LogP contribution in [0.3, 0.4) is 0 Å². The fourth-order valence-corrected chi connectivity index (χ4v) is 3.38. The number of aliphatic carboxylic acids is 1. The minimum Gasteiger partial charge on any atom is -0.479 e. The number of hydrogen-bond donors (Lipinski definition) is 1. The van der Waals surface area contributed by atoms with Gasteiger partial charge >= 0.3 is 17.9 Å². The van der Waals surface area contributed by atoms with Gasteiger partial charge in [0.1, 0.15) is 11.8 Å². The van der Waals surface area contributed by atoms with Crippen LogP contribution in [0.1, 0.15) is 19.4 Å². The molecule has 0 saturated carbocycles. The number of fused-ring (bicyclic) bond motifs is 1. The summed E-state index contributed by atoms with van der Waals surface area (Å²) in [6.45, 7) is 2.96. The molecule has 11 nitrogen and oxygen atoms in total. The Morgan fingerprint density at radius 1 is 0.868 bits per heavy atom. The second kappa shape index (κ2) is 12.5. The predicted octanol–water partition coefficient (Wildman–Crippen LogP) is 2.98. The fourth-order valence-electron chi connectivity index (χ4n) is 3.38. The van der Waals surface area contributed by atoms with Crippen LogP contribution < -0.4 is 14.9 Å². The number of methoxy groups -OCH3 is 3. The summed E-state index contributed by atoms with van der Waals surface area (Å²) >= 11 is 0. The number of carbonyl (C=O) groups excluding carboxylic acids is 2. The molecule has 0 bridgehead atoms. The van der Waals surface area contributed by atoms with Crippen molar-refractivity contribution in [3.63, 3.8) is 0 Å². The molecule has 0 unspecified atom stereocenters. The van der Waals surface area contributed by atoms with E-state index in [4.69, 9.17) is 28.1 Å². The summed E-state index contributed by atoms with van der Waals surface area (Å²) in [6.07, 6.45) is -1.41. The van der Waals surface area contributed by atoms with E-state index in [0.717, 1.165) is 0 Å².